The van der Waals surface area contributed by atoms with Gasteiger partial charge in [-0.05, 0) is 40.5 Å². The molecule has 0 aromatic rings. The van der Waals surface area contributed by atoms with E-state index in [9.17, 15) is 5.11 Å². The Morgan fingerprint density at radius 2 is 1.95 bits per heavy atom. The maximum atomic E-state index is 10.2. The lowest BCUT2D eigenvalue weighted by atomic mass is 9.97. The molecule has 0 saturated carbocycles. The van der Waals surface area contributed by atoms with Crippen molar-refractivity contribution in [2.75, 3.05) is 13.2 Å². The summed E-state index contributed by atoms with van der Waals surface area (Å²) < 4.78 is 5.72. The van der Waals surface area contributed by atoms with Crippen LogP contribution >= 0.6 is 0 Å². The van der Waals surface area contributed by atoms with Crippen molar-refractivity contribution in [2.45, 2.75) is 77.2 Å². The number of likely N-dealkylation sites (tertiary alicyclic amines) is 1. The van der Waals surface area contributed by atoms with Crippen molar-refractivity contribution in [3.05, 3.63) is 0 Å². The van der Waals surface area contributed by atoms with Gasteiger partial charge in [0.05, 0.1) is 18.3 Å². The minimum absolute atomic E-state index is 0.352. The van der Waals surface area contributed by atoms with Gasteiger partial charge in [-0.25, -0.2) is 0 Å². The summed E-state index contributed by atoms with van der Waals surface area (Å²) in [5, 5.41) is 10.2. The Labute approximate surface area is 118 Å². The van der Waals surface area contributed by atoms with Gasteiger partial charge >= 0.3 is 0 Å². The number of ether oxygens (including phenoxy) is 1. The maximum absolute atomic E-state index is 10.2. The Kier molecular flexibility index (Phi) is 6.32. The molecule has 0 spiro atoms. The SMILES string of the molecule is C#CCC(C)(C)OC[C@H](O)CN1[C@@H](C)CCC[C@@H]1C. The van der Waals surface area contributed by atoms with E-state index in [-0.39, 0.29) is 5.60 Å². The predicted molar refractivity (Wildman–Crippen MR) is 79.0 cm³/mol. The van der Waals surface area contributed by atoms with Gasteiger partial charge in [-0.1, -0.05) is 6.42 Å². The van der Waals surface area contributed by atoms with E-state index >= 15 is 0 Å². The zero-order valence-corrected chi connectivity index (χ0v) is 12.9. The van der Waals surface area contributed by atoms with Crippen molar-refractivity contribution in [3.63, 3.8) is 0 Å². The van der Waals surface area contributed by atoms with Crippen LogP contribution < -0.4 is 0 Å². The van der Waals surface area contributed by atoms with Crippen LogP contribution in [-0.4, -0.2) is 46.9 Å². The average molecular weight is 267 g/mol. The Bertz CT molecular complexity index is 298. The third-order valence-electron chi connectivity index (χ3n) is 3.99. The van der Waals surface area contributed by atoms with Crippen molar-refractivity contribution in [2.24, 2.45) is 0 Å². The van der Waals surface area contributed by atoms with Crippen LogP contribution in [0.2, 0.25) is 0 Å². The molecule has 0 amide bonds. The van der Waals surface area contributed by atoms with Crippen LogP contribution in [0.3, 0.4) is 0 Å². The molecular weight excluding hydrogens is 238 g/mol. The number of β-amino-alcohol motifs (C(OH)–C–C–N with tert-alkyl or cyclic N) is 1. The lowest BCUT2D eigenvalue weighted by Crippen LogP contribution is -2.48. The van der Waals surface area contributed by atoms with Crippen LogP contribution in [0.15, 0.2) is 0 Å². The Hall–Kier alpha value is -0.560. The van der Waals surface area contributed by atoms with Crippen molar-refractivity contribution < 1.29 is 9.84 Å². The first-order chi connectivity index (χ1) is 8.85. The number of rotatable bonds is 6. The van der Waals surface area contributed by atoms with E-state index in [0.29, 0.717) is 31.7 Å². The van der Waals surface area contributed by atoms with E-state index in [4.69, 9.17) is 11.2 Å². The highest BCUT2D eigenvalue weighted by molar-refractivity contribution is 4.92. The van der Waals surface area contributed by atoms with Gasteiger partial charge in [-0.2, -0.15) is 0 Å². The van der Waals surface area contributed by atoms with E-state index in [1.165, 1.54) is 19.3 Å². The predicted octanol–water partition coefficient (Wildman–Crippen LogP) is 2.43. The smallest absolute Gasteiger partial charge is 0.0900 e. The molecule has 0 radical (unpaired) electrons. The number of hydrogen-bond acceptors (Lipinski definition) is 3. The van der Waals surface area contributed by atoms with Gasteiger partial charge in [0.1, 0.15) is 0 Å². The molecular formula is C16H29NO2. The molecule has 1 aliphatic heterocycles. The minimum atomic E-state index is -0.444. The van der Waals surface area contributed by atoms with Crippen molar-refractivity contribution in [3.8, 4) is 12.3 Å². The summed E-state index contributed by atoms with van der Waals surface area (Å²) in [7, 11) is 0. The van der Waals surface area contributed by atoms with Gasteiger partial charge < -0.3 is 9.84 Å². The zero-order valence-electron chi connectivity index (χ0n) is 12.9. The third-order valence-corrected chi connectivity index (χ3v) is 3.99. The average Bonchev–Trinajstić information content (AvgIpc) is 2.32. The summed E-state index contributed by atoms with van der Waals surface area (Å²) in [4.78, 5) is 2.39. The topological polar surface area (TPSA) is 32.7 Å². The molecule has 1 N–H and O–H groups in total. The standard InChI is InChI=1S/C16H29NO2/c1-6-10-16(4,5)19-12-15(18)11-17-13(2)8-7-9-14(17)3/h1,13-15,18H,7-12H2,2-5H3/t13-,14-,15+/m0/s1. The molecule has 1 rings (SSSR count). The van der Waals surface area contributed by atoms with Crippen LogP contribution in [0.5, 0.6) is 0 Å². The van der Waals surface area contributed by atoms with Crippen LogP contribution in [0.4, 0.5) is 0 Å². The molecule has 0 aliphatic carbocycles. The van der Waals surface area contributed by atoms with Gasteiger partial charge in [0, 0.05) is 25.0 Å². The Morgan fingerprint density at radius 3 is 2.47 bits per heavy atom. The van der Waals surface area contributed by atoms with Crippen molar-refractivity contribution in [1.29, 1.82) is 0 Å². The Morgan fingerprint density at radius 1 is 1.37 bits per heavy atom. The van der Waals surface area contributed by atoms with E-state index in [0.717, 1.165) is 0 Å². The summed E-state index contributed by atoms with van der Waals surface area (Å²) in [6, 6.07) is 1.11. The second-order valence-corrected chi connectivity index (χ2v) is 6.43. The largest absolute Gasteiger partial charge is 0.389 e. The molecule has 0 unspecified atom stereocenters. The molecule has 1 aliphatic rings. The molecule has 110 valence electrons. The molecule has 3 heteroatoms. The van der Waals surface area contributed by atoms with Crippen LogP contribution in [0.25, 0.3) is 0 Å². The second-order valence-electron chi connectivity index (χ2n) is 6.43. The first kappa shape index (κ1) is 16.5. The summed E-state index contributed by atoms with van der Waals surface area (Å²) in [5.74, 6) is 2.61. The molecule has 1 saturated heterocycles. The molecule has 0 bridgehead atoms. The fourth-order valence-corrected chi connectivity index (χ4v) is 2.75. The number of terminal acetylenes is 1. The summed E-state index contributed by atoms with van der Waals surface area (Å²) in [6.07, 6.45) is 9.17. The zero-order chi connectivity index (χ0) is 14.5. The molecule has 1 heterocycles. The molecule has 1 fully saturated rings. The number of piperidine rings is 1. The highest BCUT2D eigenvalue weighted by Gasteiger charge is 2.27. The fourth-order valence-electron chi connectivity index (χ4n) is 2.75. The van der Waals surface area contributed by atoms with Crippen molar-refractivity contribution >= 4 is 0 Å². The molecule has 3 nitrogen and oxygen atoms in total. The van der Waals surface area contributed by atoms with E-state index in [1.54, 1.807) is 0 Å². The van der Waals surface area contributed by atoms with Gasteiger partial charge in [-0.3, -0.25) is 4.90 Å². The van der Waals surface area contributed by atoms with Crippen LogP contribution in [-0.2, 0) is 4.74 Å². The molecule has 19 heavy (non-hydrogen) atoms. The number of aliphatic hydroxyl groups excluding tert-OH is 1. The van der Waals surface area contributed by atoms with E-state index in [1.807, 2.05) is 13.8 Å². The third kappa shape index (κ3) is 5.52. The van der Waals surface area contributed by atoms with Gasteiger partial charge in [0.2, 0.25) is 0 Å². The summed E-state index contributed by atoms with van der Waals surface area (Å²) in [6.45, 7) is 9.45. The lowest BCUT2D eigenvalue weighted by Gasteiger charge is -2.40. The fraction of sp³-hybridized carbons (Fsp3) is 0.875. The number of hydrogen-bond donors (Lipinski definition) is 1. The van der Waals surface area contributed by atoms with Crippen molar-refractivity contribution in [1.82, 2.24) is 4.90 Å². The number of nitrogens with zero attached hydrogens (tertiary/aromatic N) is 1. The number of aliphatic hydroxyl groups is 1. The molecule has 0 aromatic heterocycles. The highest BCUT2D eigenvalue weighted by Crippen LogP contribution is 2.23. The van der Waals surface area contributed by atoms with E-state index < -0.39 is 6.10 Å². The first-order valence-corrected chi connectivity index (χ1v) is 7.37. The second kappa shape index (κ2) is 7.28. The summed E-state index contributed by atoms with van der Waals surface area (Å²) >= 11 is 0. The first-order valence-electron chi connectivity index (χ1n) is 7.37. The quantitative estimate of drug-likeness (QED) is 0.750. The van der Waals surface area contributed by atoms with Crippen LogP contribution in [0, 0.1) is 12.3 Å². The molecule has 3 atom stereocenters. The summed E-state index contributed by atoms with van der Waals surface area (Å²) in [5.41, 5.74) is -0.352. The normalized spacial score (nSPS) is 26.9. The van der Waals surface area contributed by atoms with Gasteiger partial charge in [-0.15, -0.1) is 12.3 Å². The minimum Gasteiger partial charge on any atom is -0.389 e. The van der Waals surface area contributed by atoms with E-state index in [2.05, 4.69) is 24.7 Å². The van der Waals surface area contributed by atoms with Gasteiger partial charge in [0.15, 0.2) is 0 Å². The van der Waals surface area contributed by atoms with Gasteiger partial charge in [0.25, 0.3) is 0 Å². The molecule has 0 aromatic carbocycles. The highest BCUT2D eigenvalue weighted by atomic mass is 16.5. The monoisotopic (exact) mass is 267 g/mol. The lowest BCUT2D eigenvalue weighted by molar-refractivity contribution is -0.0705. The Balaban J connectivity index is 2.38. The maximum Gasteiger partial charge on any atom is 0.0900 e. The van der Waals surface area contributed by atoms with Crippen LogP contribution in [0.1, 0.15) is 53.4 Å².